The molecule has 18 nitrogen and oxygen atoms in total. The van der Waals surface area contributed by atoms with Crippen LogP contribution >= 0.6 is 0 Å². The molecule has 0 amide bonds. The summed E-state index contributed by atoms with van der Waals surface area (Å²) in [5.41, 5.74) is 9.27. The number of anilines is 3. The third-order valence-corrected chi connectivity index (χ3v) is 18.4. The summed E-state index contributed by atoms with van der Waals surface area (Å²) in [5, 5.41) is 55.6. The molecular weight excluding hydrogens is 1170 g/mol. The van der Waals surface area contributed by atoms with Crippen LogP contribution in [-0.2, 0) is 11.2 Å². The van der Waals surface area contributed by atoms with Gasteiger partial charge in [-0.1, -0.05) is 128 Å². The lowest BCUT2D eigenvalue weighted by atomic mass is 9.98. The van der Waals surface area contributed by atoms with Gasteiger partial charge < -0.3 is 61.8 Å². The first-order valence-electron chi connectivity index (χ1n) is 32.9. The maximum Gasteiger partial charge on any atom is 0.165 e. The molecule has 5 aliphatic heterocycles. The van der Waals surface area contributed by atoms with Crippen molar-refractivity contribution in [3.8, 4) is 51.4 Å². The van der Waals surface area contributed by atoms with Crippen molar-refractivity contribution in [2.75, 3.05) is 75.0 Å². The number of aromatic nitrogens is 6. The fraction of sp³-hybridized carbons (Fsp3) is 0.289. The first-order chi connectivity index (χ1) is 46.0. The molecule has 5 aliphatic rings. The number of aromatic hydroxyl groups is 3. The molecule has 0 saturated carbocycles. The van der Waals surface area contributed by atoms with E-state index in [4.69, 9.17) is 29.7 Å². The number of benzene rings is 7. The molecule has 5 fully saturated rings. The first-order valence-corrected chi connectivity index (χ1v) is 32.9. The average molecular weight is 1260 g/mol. The number of ether oxygens (including phenoxy) is 1. The van der Waals surface area contributed by atoms with Crippen molar-refractivity contribution in [2.45, 2.75) is 81.2 Å². The molecule has 7 aromatic carbocycles. The van der Waals surface area contributed by atoms with Crippen molar-refractivity contribution >= 4 is 50.2 Å². The molecule has 0 bridgehead atoms. The van der Waals surface area contributed by atoms with Crippen molar-refractivity contribution in [3.63, 3.8) is 0 Å². The molecule has 480 valence electrons. The molecule has 0 aliphatic carbocycles. The van der Waals surface area contributed by atoms with Gasteiger partial charge in [0.1, 0.15) is 34.7 Å². The number of fused-ring (bicyclic) bond motifs is 3. The molecule has 0 spiro atoms. The van der Waals surface area contributed by atoms with Gasteiger partial charge in [-0.3, -0.25) is 0 Å². The number of nitrogens with zero attached hydrogens (tertiary/aromatic N) is 8. The van der Waals surface area contributed by atoms with E-state index in [2.05, 4.69) is 90.7 Å². The van der Waals surface area contributed by atoms with Gasteiger partial charge in [-0.05, 0) is 123 Å². The minimum absolute atomic E-state index is 0.174. The standard InChI is InChI=1S/C27H26N4O.C25H29N5O.C24H27N5O2/c1-18(15-19-9-3-2-4-10-19)24-16-20(17-28-24)29-26-21-11-5-7-13-23(21)30-27(31-26)22-12-6-8-14-25(22)32;1-17(30-13-7-2-8-14-30)22-15-18(16-26-22)27-24-19-9-3-5-11-21(19)28-25(29-24)20-10-4-6-12-23(20)31;1-16(29-10-12-31-13-11-29)21-14-17(15-25-21)26-23-18-6-2-4-8-20(18)27-24(28-23)19-7-3-5-9-22(19)30/h2-14,20,24,28,32H,1,15-17H2,(H,29,30,31);3-6,9-12,18,22,26,31H,1-2,7-8,13-16H2,(H,27,28,29);2-9,17,21,25,30H,1,10-15H2,(H,26,27,28)/t20-,24+;18-,22+;17-,21+/m000/s1. The predicted octanol–water partition coefficient (Wildman–Crippen LogP) is 12.1. The van der Waals surface area contributed by atoms with Gasteiger partial charge in [-0.2, -0.15) is 0 Å². The summed E-state index contributed by atoms with van der Waals surface area (Å²) in [6.07, 6.45) is 7.56. The van der Waals surface area contributed by atoms with Crippen LogP contribution in [-0.4, -0.2) is 150 Å². The number of morpholine rings is 1. The Morgan fingerprint density at radius 2 is 0.766 bits per heavy atom. The second-order valence-corrected chi connectivity index (χ2v) is 24.9. The summed E-state index contributed by atoms with van der Waals surface area (Å²) in [4.78, 5) is 33.2. The Balaban J connectivity index is 0.000000128. The zero-order chi connectivity index (χ0) is 64.3. The van der Waals surface area contributed by atoms with E-state index in [9.17, 15) is 15.3 Å². The molecule has 5 saturated heterocycles. The first kappa shape index (κ1) is 62.8. The largest absolute Gasteiger partial charge is 0.507 e. The SMILES string of the molecule is C=C(Cc1ccccc1)[C@H]1C[C@H](Nc2nc(-c3ccccc3O)nc3ccccc23)CN1.C=C([C@H]1C[C@H](Nc2nc(-c3ccccc3O)nc3ccccc23)CN1)N1CCCCC1.C=C([C@H]1C[C@H](Nc2nc(-c3ccccc3O)nc3ccccc23)CN1)N1CCOCC1. The minimum Gasteiger partial charge on any atom is -0.507 e. The molecule has 3 aromatic heterocycles. The molecule has 0 unspecified atom stereocenters. The minimum atomic E-state index is 0.174. The zero-order valence-corrected chi connectivity index (χ0v) is 53.0. The molecule has 0 radical (unpaired) electrons. The second kappa shape index (κ2) is 29.3. The molecule has 9 N–H and O–H groups in total. The number of para-hydroxylation sites is 6. The Morgan fingerprint density at radius 1 is 0.415 bits per heavy atom. The number of hydrogen-bond donors (Lipinski definition) is 9. The van der Waals surface area contributed by atoms with Crippen LogP contribution in [0.3, 0.4) is 0 Å². The number of rotatable bonds is 16. The Kier molecular flexibility index (Phi) is 19.6. The zero-order valence-electron chi connectivity index (χ0n) is 53.0. The summed E-state index contributed by atoms with van der Waals surface area (Å²) >= 11 is 0. The smallest absolute Gasteiger partial charge is 0.165 e. The van der Waals surface area contributed by atoms with Crippen molar-refractivity contribution in [3.05, 3.63) is 218 Å². The van der Waals surface area contributed by atoms with Crippen LogP contribution in [0.1, 0.15) is 44.1 Å². The quantitative estimate of drug-likeness (QED) is 0.0410. The molecule has 10 aromatic rings. The third-order valence-electron chi connectivity index (χ3n) is 18.4. The van der Waals surface area contributed by atoms with Crippen molar-refractivity contribution in [2.24, 2.45) is 0 Å². The topological polar surface area (TPSA) is 226 Å². The molecular formula is C76H82N14O4. The Labute approximate surface area is 549 Å². The van der Waals surface area contributed by atoms with Gasteiger partial charge in [0.25, 0.3) is 0 Å². The van der Waals surface area contributed by atoms with E-state index in [1.54, 1.807) is 36.4 Å². The molecule has 18 heteroatoms. The van der Waals surface area contributed by atoms with Crippen molar-refractivity contribution < 1.29 is 20.1 Å². The highest BCUT2D eigenvalue weighted by Gasteiger charge is 2.32. The summed E-state index contributed by atoms with van der Waals surface area (Å²) in [6, 6.07) is 57.4. The molecule has 6 atom stereocenters. The predicted molar refractivity (Wildman–Crippen MR) is 377 cm³/mol. The van der Waals surface area contributed by atoms with E-state index in [0.29, 0.717) is 40.2 Å². The van der Waals surface area contributed by atoms with Crippen LogP contribution in [0.2, 0.25) is 0 Å². The van der Waals surface area contributed by atoms with Crippen LogP contribution in [0.4, 0.5) is 17.5 Å². The van der Waals surface area contributed by atoms with E-state index in [0.717, 1.165) is 141 Å². The van der Waals surface area contributed by atoms with Gasteiger partial charge in [-0.25, -0.2) is 29.9 Å². The summed E-state index contributed by atoms with van der Waals surface area (Å²) in [5.74, 6) is 4.47. The Hall–Kier alpha value is -9.98. The highest BCUT2D eigenvalue weighted by molar-refractivity contribution is 5.93. The van der Waals surface area contributed by atoms with Crippen LogP contribution in [0.5, 0.6) is 17.2 Å². The number of nitrogens with one attached hydrogen (secondary N) is 6. The van der Waals surface area contributed by atoms with Gasteiger partial charge in [-0.15, -0.1) is 0 Å². The van der Waals surface area contributed by atoms with Gasteiger partial charge in [0.2, 0.25) is 0 Å². The van der Waals surface area contributed by atoms with E-state index in [1.807, 2.05) is 115 Å². The number of hydrogen-bond acceptors (Lipinski definition) is 18. The maximum atomic E-state index is 10.3. The van der Waals surface area contributed by atoms with Gasteiger partial charge in [0.05, 0.1) is 46.5 Å². The van der Waals surface area contributed by atoms with Gasteiger partial charge in [0, 0.05) is 110 Å². The number of phenols is 3. The van der Waals surface area contributed by atoms with Crippen molar-refractivity contribution in [1.29, 1.82) is 0 Å². The highest BCUT2D eigenvalue weighted by Crippen LogP contribution is 2.35. The van der Waals surface area contributed by atoms with Gasteiger partial charge >= 0.3 is 0 Å². The molecule has 15 rings (SSSR count). The number of likely N-dealkylation sites (tertiary alicyclic amines) is 1. The van der Waals surface area contributed by atoms with Crippen molar-refractivity contribution in [1.82, 2.24) is 55.7 Å². The van der Waals surface area contributed by atoms with E-state index in [-0.39, 0.29) is 47.5 Å². The second-order valence-electron chi connectivity index (χ2n) is 24.9. The van der Waals surface area contributed by atoms with E-state index < -0.39 is 0 Å². The van der Waals surface area contributed by atoms with E-state index in [1.165, 1.54) is 36.1 Å². The monoisotopic (exact) mass is 1250 g/mol. The number of phenolic OH excluding ortho intramolecular Hbond substituents is 3. The summed E-state index contributed by atoms with van der Waals surface area (Å²) in [6.45, 7) is 21.2. The third kappa shape index (κ3) is 14.8. The lowest BCUT2D eigenvalue weighted by Crippen LogP contribution is -2.41. The lowest BCUT2D eigenvalue weighted by Gasteiger charge is -2.33. The van der Waals surface area contributed by atoms with Crippen LogP contribution in [0.25, 0.3) is 66.9 Å². The summed E-state index contributed by atoms with van der Waals surface area (Å²) in [7, 11) is 0. The van der Waals surface area contributed by atoms with E-state index >= 15 is 0 Å². The average Bonchev–Trinajstić information content (AvgIpc) is 1.07. The fourth-order valence-corrected chi connectivity index (χ4v) is 13.3. The number of piperidine rings is 1. The Bertz CT molecular complexity index is 4140. The van der Waals surface area contributed by atoms with Crippen LogP contribution in [0.15, 0.2) is 213 Å². The summed E-state index contributed by atoms with van der Waals surface area (Å²) < 4.78 is 5.46. The molecule has 94 heavy (non-hydrogen) atoms. The van der Waals surface area contributed by atoms with Crippen LogP contribution < -0.4 is 31.9 Å². The lowest BCUT2D eigenvalue weighted by molar-refractivity contribution is 0.0507. The van der Waals surface area contributed by atoms with Gasteiger partial charge in [0.15, 0.2) is 17.5 Å². The fourth-order valence-electron chi connectivity index (χ4n) is 13.3. The van der Waals surface area contributed by atoms with Crippen LogP contribution in [0, 0.1) is 0 Å². The molecule has 8 heterocycles. The highest BCUT2D eigenvalue weighted by atomic mass is 16.5. The maximum absolute atomic E-state index is 10.3. The normalized spacial score (nSPS) is 20.2. The Morgan fingerprint density at radius 3 is 1.18 bits per heavy atom.